The van der Waals surface area contributed by atoms with Crippen LogP contribution in [-0.4, -0.2) is 33.7 Å². The van der Waals surface area contributed by atoms with E-state index in [1.54, 1.807) is 4.89 Å². The van der Waals surface area contributed by atoms with Crippen molar-refractivity contribution < 1.29 is 27.3 Å². The number of nitrogens with zero attached hydrogens (tertiary/aromatic N) is 1. The van der Waals surface area contributed by atoms with Gasteiger partial charge in [-0.1, -0.05) is 4.89 Å². The molecule has 20 heavy (non-hydrogen) atoms. The van der Waals surface area contributed by atoms with Crippen LogP contribution in [0.4, 0.5) is 10.1 Å². The van der Waals surface area contributed by atoms with E-state index in [1.165, 1.54) is 14.0 Å². The Morgan fingerprint density at radius 3 is 2.60 bits per heavy atom. The fourth-order valence-corrected chi connectivity index (χ4v) is 2.44. The third-order valence-corrected chi connectivity index (χ3v) is 3.64. The third kappa shape index (κ3) is 3.93. The van der Waals surface area contributed by atoms with Crippen molar-refractivity contribution in [3.63, 3.8) is 0 Å². The predicted molar refractivity (Wildman–Crippen MR) is 65.9 cm³/mol. The topological polar surface area (TPSA) is 108 Å². The number of sulfonamides is 1. The standard InChI is InChI=1S/C10H13FN2O6S/c1-7-5-8(11)9(13(14)15)6-10(7)20(16,17)12-19-4-3-18-2/h5-6,12H,3-4H2,1-2H3. The normalized spacial score (nSPS) is 11.6. The number of nitro groups is 1. The highest BCUT2D eigenvalue weighted by molar-refractivity contribution is 7.89. The van der Waals surface area contributed by atoms with Gasteiger partial charge in [-0.15, -0.1) is 0 Å². The van der Waals surface area contributed by atoms with Gasteiger partial charge in [0.15, 0.2) is 0 Å². The molecule has 0 radical (unpaired) electrons. The molecule has 1 N–H and O–H groups in total. The molecule has 10 heteroatoms. The van der Waals surface area contributed by atoms with Gasteiger partial charge in [0.25, 0.3) is 10.0 Å². The van der Waals surface area contributed by atoms with E-state index in [0.717, 1.165) is 6.07 Å². The van der Waals surface area contributed by atoms with Gasteiger partial charge in [0.1, 0.15) is 0 Å². The molecule has 0 atom stereocenters. The maximum absolute atomic E-state index is 13.3. The minimum absolute atomic E-state index is 0.0240. The van der Waals surface area contributed by atoms with Crippen LogP contribution in [0.1, 0.15) is 5.56 Å². The predicted octanol–water partition coefficient (Wildman–Crippen LogP) is 0.899. The summed E-state index contributed by atoms with van der Waals surface area (Å²) in [7, 11) is -2.74. The Hall–Kier alpha value is -1.62. The van der Waals surface area contributed by atoms with Gasteiger partial charge in [0, 0.05) is 13.2 Å². The Bertz CT molecular complexity index is 604. The molecule has 0 heterocycles. The van der Waals surface area contributed by atoms with Crippen molar-refractivity contribution in [1.82, 2.24) is 4.89 Å². The highest BCUT2D eigenvalue weighted by atomic mass is 32.2. The molecule has 8 nitrogen and oxygen atoms in total. The Labute approximate surface area is 114 Å². The molecule has 0 aliphatic rings. The molecule has 0 aliphatic carbocycles. The molecule has 0 amide bonds. The molecule has 1 aromatic carbocycles. The molecule has 1 rings (SSSR count). The zero-order valence-electron chi connectivity index (χ0n) is 10.8. The summed E-state index contributed by atoms with van der Waals surface area (Å²) in [6, 6.07) is 1.43. The van der Waals surface area contributed by atoms with Crippen molar-refractivity contribution in [2.75, 3.05) is 20.3 Å². The second kappa shape index (κ2) is 6.70. The SMILES string of the molecule is COCCONS(=O)(=O)c1cc([N+](=O)[O-])c(F)cc1C. The summed E-state index contributed by atoms with van der Waals surface area (Å²) < 4.78 is 41.7. The Morgan fingerprint density at radius 1 is 1.40 bits per heavy atom. The molecule has 0 aliphatic heterocycles. The lowest BCUT2D eigenvalue weighted by atomic mass is 10.2. The number of rotatable bonds is 7. The highest BCUT2D eigenvalue weighted by Crippen LogP contribution is 2.25. The van der Waals surface area contributed by atoms with E-state index in [0.29, 0.717) is 6.07 Å². The summed E-state index contributed by atoms with van der Waals surface area (Å²) in [5, 5.41) is 10.6. The molecule has 0 unspecified atom stereocenters. The van der Waals surface area contributed by atoms with Crippen LogP contribution in [-0.2, 0) is 19.6 Å². The van der Waals surface area contributed by atoms with Crippen LogP contribution in [0, 0.1) is 22.9 Å². The summed E-state index contributed by atoms with van der Waals surface area (Å²) in [6.07, 6.45) is 0. The molecule has 0 fully saturated rings. The van der Waals surface area contributed by atoms with E-state index in [2.05, 4.69) is 9.57 Å². The summed E-state index contributed by atoms with van der Waals surface area (Å²) >= 11 is 0. The molecule has 0 spiro atoms. The number of ether oxygens (including phenoxy) is 1. The first-order valence-corrected chi connectivity index (χ1v) is 6.85. The minimum atomic E-state index is -4.14. The van der Waals surface area contributed by atoms with Crippen LogP contribution in [0.15, 0.2) is 17.0 Å². The van der Waals surface area contributed by atoms with E-state index in [9.17, 15) is 22.9 Å². The van der Waals surface area contributed by atoms with Crippen LogP contribution in [0.25, 0.3) is 0 Å². The largest absolute Gasteiger partial charge is 0.382 e. The number of hydrogen-bond acceptors (Lipinski definition) is 6. The van der Waals surface area contributed by atoms with Crippen molar-refractivity contribution in [2.45, 2.75) is 11.8 Å². The molecule has 112 valence electrons. The van der Waals surface area contributed by atoms with Crippen LogP contribution in [0.2, 0.25) is 0 Å². The number of methoxy groups -OCH3 is 1. The van der Waals surface area contributed by atoms with Crippen molar-refractivity contribution >= 4 is 15.7 Å². The van der Waals surface area contributed by atoms with Crippen molar-refractivity contribution in [2.24, 2.45) is 0 Å². The first kappa shape index (κ1) is 16.4. The zero-order chi connectivity index (χ0) is 15.3. The summed E-state index contributed by atoms with van der Waals surface area (Å²) in [5.41, 5.74) is -0.899. The molecular weight excluding hydrogens is 295 g/mol. The van der Waals surface area contributed by atoms with Gasteiger partial charge in [0.2, 0.25) is 5.82 Å². The second-order valence-corrected chi connectivity index (χ2v) is 5.37. The Morgan fingerprint density at radius 2 is 2.05 bits per heavy atom. The van der Waals surface area contributed by atoms with Crippen LogP contribution >= 0.6 is 0 Å². The van der Waals surface area contributed by atoms with Gasteiger partial charge >= 0.3 is 5.69 Å². The zero-order valence-corrected chi connectivity index (χ0v) is 11.6. The smallest absolute Gasteiger partial charge is 0.306 e. The Kier molecular flexibility index (Phi) is 5.51. The number of hydrogen-bond donors (Lipinski definition) is 1. The van der Waals surface area contributed by atoms with Gasteiger partial charge in [-0.25, -0.2) is 8.42 Å². The van der Waals surface area contributed by atoms with Gasteiger partial charge in [-0.05, 0) is 18.6 Å². The van der Waals surface area contributed by atoms with E-state index < -0.39 is 31.3 Å². The van der Waals surface area contributed by atoms with Gasteiger partial charge in [-0.3, -0.25) is 15.0 Å². The molecule has 0 saturated heterocycles. The lowest BCUT2D eigenvalue weighted by Gasteiger charge is -2.09. The second-order valence-electron chi connectivity index (χ2n) is 3.75. The van der Waals surface area contributed by atoms with Crippen LogP contribution < -0.4 is 4.89 Å². The van der Waals surface area contributed by atoms with Crippen LogP contribution in [0.3, 0.4) is 0 Å². The number of benzene rings is 1. The highest BCUT2D eigenvalue weighted by Gasteiger charge is 2.24. The number of aryl methyl sites for hydroxylation is 1. The number of halogens is 1. The lowest BCUT2D eigenvalue weighted by molar-refractivity contribution is -0.387. The first-order chi connectivity index (χ1) is 9.29. The maximum atomic E-state index is 13.3. The summed E-state index contributed by atoms with van der Waals surface area (Å²) in [4.78, 5) is 15.6. The fourth-order valence-electron chi connectivity index (χ4n) is 1.36. The van der Waals surface area contributed by atoms with Crippen LogP contribution in [0.5, 0.6) is 0 Å². The van der Waals surface area contributed by atoms with E-state index in [-0.39, 0.29) is 18.8 Å². The number of nitrogens with one attached hydrogen (secondary N) is 1. The third-order valence-electron chi connectivity index (χ3n) is 2.29. The van der Waals surface area contributed by atoms with Crippen molar-refractivity contribution in [1.29, 1.82) is 0 Å². The quantitative estimate of drug-likeness (QED) is 0.455. The minimum Gasteiger partial charge on any atom is -0.382 e. The average Bonchev–Trinajstić information content (AvgIpc) is 2.33. The molecule has 0 aromatic heterocycles. The van der Waals surface area contributed by atoms with Gasteiger partial charge < -0.3 is 4.74 Å². The van der Waals surface area contributed by atoms with Crippen molar-refractivity contribution in [3.05, 3.63) is 33.6 Å². The average molecular weight is 308 g/mol. The van der Waals surface area contributed by atoms with E-state index >= 15 is 0 Å². The molecular formula is C10H13FN2O6S. The van der Waals surface area contributed by atoms with Gasteiger partial charge in [0.05, 0.1) is 23.0 Å². The number of nitro benzene ring substituents is 1. The van der Waals surface area contributed by atoms with Gasteiger partial charge in [-0.2, -0.15) is 4.39 Å². The first-order valence-electron chi connectivity index (χ1n) is 5.36. The molecule has 0 saturated carbocycles. The van der Waals surface area contributed by atoms with E-state index in [1.807, 2.05) is 0 Å². The molecule has 1 aromatic rings. The Balaban J connectivity index is 3.05. The summed E-state index contributed by atoms with van der Waals surface area (Å²) in [5.74, 6) is -1.10. The maximum Gasteiger partial charge on any atom is 0.306 e. The van der Waals surface area contributed by atoms with E-state index in [4.69, 9.17) is 0 Å². The summed E-state index contributed by atoms with van der Waals surface area (Å²) in [6.45, 7) is 1.43. The monoisotopic (exact) mass is 308 g/mol. The fraction of sp³-hybridized carbons (Fsp3) is 0.400. The molecule has 0 bridgehead atoms. The lowest BCUT2D eigenvalue weighted by Crippen LogP contribution is -2.26. The van der Waals surface area contributed by atoms with Crippen molar-refractivity contribution in [3.8, 4) is 0 Å².